The van der Waals surface area contributed by atoms with Gasteiger partial charge in [-0.1, -0.05) is 29.8 Å². The smallest absolute Gasteiger partial charge is 0.261 e. The number of carbonyl (C=O) groups excluding carboxylic acids is 1. The summed E-state index contributed by atoms with van der Waals surface area (Å²) in [7, 11) is 3.02. The number of methoxy groups -OCH3 is 2. The third-order valence-electron chi connectivity index (χ3n) is 4.34. The maximum atomic E-state index is 12.7. The zero-order valence-corrected chi connectivity index (χ0v) is 16.3. The van der Waals surface area contributed by atoms with Crippen molar-refractivity contribution in [2.75, 3.05) is 14.2 Å². The van der Waals surface area contributed by atoms with E-state index in [9.17, 15) is 9.59 Å². The summed E-state index contributed by atoms with van der Waals surface area (Å²) in [6.07, 6.45) is 1.57. The van der Waals surface area contributed by atoms with Gasteiger partial charge in [-0.25, -0.2) is 4.98 Å². The molecule has 3 rings (SSSR count). The van der Waals surface area contributed by atoms with Crippen molar-refractivity contribution >= 4 is 28.4 Å². The molecule has 1 N–H and O–H groups in total. The summed E-state index contributed by atoms with van der Waals surface area (Å²) in [4.78, 5) is 29.1. The molecule has 3 aromatic rings. The van der Waals surface area contributed by atoms with Crippen LogP contribution in [-0.2, 0) is 17.9 Å². The van der Waals surface area contributed by atoms with E-state index >= 15 is 0 Å². The highest BCUT2D eigenvalue weighted by atomic mass is 35.5. The number of hydrogen-bond donors (Lipinski definition) is 1. The number of fused-ring (bicyclic) bond motifs is 1. The number of nitrogens with zero attached hydrogens (tertiary/aromatic N) is 2. The number of benzene rings is 2. The molecular formula is C20H20ClN3O4. The van der Waals surface area contributed by atoms with Crippen LogP contribution in [0.5, 0.6) is 11.5 Å². The molecule has 146 valence electrons. The van der Waals surface area contributed by atoms with Gasteiger partial charge in [-0.2, -0.15) is 0 Å². The Morgan fingerprint density at radius 2 is 1.89 bits per heavy atom. The van der Waals surface area contributed by atoms with Gasteiger partial charge in [-0.05, 0) is 17.7 Å². The molecule has 0 radical (unpaired) electrons. The lowest BCUT2D eigenvalue weighted by molar-refractivity contribution is -0.121. The van der Waals surface area contributed by atoms with Crippen LogP contribution in [0.3, 0.4) is 0 Å². The van der Waals surface area contributed by atoms with Gasteiger partial charge in [0.15, 0.2) is 11.5 Å². The highest BCUT2D eigenvalue weighted by molar-refractivity contribution is 6.31. The first-order valence-electron chi connectivity index (χ1n) is 8.64. The summed E-state index contributed by atoms with van der Waals surface area (Å²) in [6, 6.07) is 10.6. The van der Waals surface area contributed by atoms with Gasteiger partial charge < -0.3 is 14.8 Å². The number of rotatable bonds is 7. The van der Waals surface area contributed by atoms with E-state index in [1.165, 1.54) is 25.1 Å². The number of nitrogens with one attached hydrogen (secondary N) is 1. The number of hydrogen-bond acceptors (Lipinski definition) is 5. The SMILES string of the molecule is COc1cc2ncn(CCC(=O)NCc3ccccc3Cl)c(=O)c2cc1OC. The molecule has 0 saturated heterocycles. The fourth-order valence-electron chi connectivity index (χ4n) is 2.79. The minimum absolute atomic E-state index is 0.144. The standard InChI is InChI=1S/C20H20ClN3O4/c1-27-17-9-14-16(10-18(17)28-2)23-12-24(20(14)26)8-7-19(25)22-11-13-5-3-4-6-15(13)21/h3-6,9-10,12H,7-8,11H2,1-2H3,(H,22,25). The number of halogens is 1. The van der Waals surface area contributed by atoms with Crippen molar-refractivity contribution in [3.05, 3.63) is 63.7 Å². The highest BCUT2D eigenvalue weighted by Gasteiger charge is 2.12. The molecule has 0 fully saturated rings. The van der Waals surface area contributed by atoms with Crippen LogP contribution in [0.25, 0.3) is 10.9 Å². The number of ether oxygens (including phenoxy) is 2. The molecule has 1 aromatic heterocycles. The van der Waals surface area contributed by atoms with Crippen LogP contribution in [-0.4, -0.2) is 29.7 Å². The molecule has 0 spiro atoms. The quantitative estimate of drug-likeness (QED) is 0.658. The molecule has 1 heterocycles. The Balaban J connectivity index is 1.70. The van der Waals surface area contributed by atoms with Crippen molar-refractivity contribution in [2.45, 2.75) is 19.5 Å². The van der Waals surface area contributed by atoms with Crippen LogP contribution >= 0.6 is 11.6 Å². The Hall–Kier alpha value is -3.06. The van der Waals surface area contributed by atoms with Crippen LogP contribution in [0.4, 0.5) is 0 Å². The summed E-state index contributed by atoms with van der Waals surface area (Å²) in [5, 5.41) is 3.80. The van der Waals surface area contributed by atoms with E-state index in [2.05, 4.69) is 10.3 Å². The van der Waals surface area contributed by atoms with Crippen LogP contribution in [0.1, 0.15) is 12.0 Å². The highest BCUT2D eigenvalue weighted by Crippen LogP contribution is 2.29. The molecule has 7 nitrogen and oxygen atoms in total. The molecule has 1 amide bonds. The first kappa shape index (κ1) is 19.7. The number of aryl methyl sites for hydroxylation is 1. The molecule has 28 heavy (non-hydrogen) atoms. The summed E-state index contributed by atoms with van der Waals surface area (Å²) in [5.41, 5.74) is 1.09. The van der Waals surface area contributed by atoms with Crippen molar-refractivity contribution < 1.29 is 14.3 Å². The molecule has 2 aromatic carbocycles. The monoisotopic (exact) mass is 401 g/mol. The van der Waals surface area contributed by atoms with Gasteiger partial charge >= 0.3 is 0 Å². The second-order valence-corrected chi connectivity index (χ2v) is 6.49. The summed E-state index contributed by atoms with van der Waals surface area (Å²) in [6.45, 7) is 0.546. The zero-order chi connectivity index (χ0) is 20.1. The minimum Gasteiger partial charge on any atom is -0.493 e. The largest absolute Gasteiger partial charge is 0.493 e. The third kappa shape index (κ3) is 4.26. The molecule has 0 atom stereocenters. The van der Waals surface area contributed by atoms with Gasteiger partial charge in [-0.15, -0.1) is 0 Å². The zero-order valence-electron chi connectivity index (χ0n) is 15.6. The molecule has 8 heteroatoms. The molecule has 0 aliphatic rings. The lowest BCUT2D eigenvalue weighted by atomic mass is 10.2. The fourth-order valence-corrected chi connectivity index (χ4v) is 2.99. The maximum absolute atomic E-state index is 12.7. The summed E-state index contributed by atoms with van der Waals surface area (Å²) in [5.74, 6) is 0.766. The molecule has 0 saturated carbocycles. The van der Waals surface area contributed by atoms with E-state index in [0.717, 1.165) is 5.56 Å². The van der Waals surface area contributed by atoms with Gasteiger partial charge in [0.1, 0.15) is 0 Å². The first-order valence-corrected chi connectivity index (χ1v) is 9.02. The predicted octanol–water partition coefficient (Wildman–Crippen LogP) is 2.77. The third-order valence-corrected chi connectivity index (χ3v) is 4.71. The molecule has 0 aliphatic heterocycles. The Labute approximate surface area is 166 Å². The van der Waals surface area contributed by atoms with Crippen LogP contribution in [0.15, 0.2) is 47.5 Å². The lowest BCUT2D eigenvalue weighted by Gasteiger charge is -2.11. The van der Waals surface area contributed by atoms with E-state index in [4.69, 9.17) is 21.1 Å². The van der Waals surface area contributed by atoms with Crippen LogP contribution in [0, 0.1) is 0 Å². The average molecular weight is 402 g/mol. The van der Waals surface area contributed by atoms with Gasteiger partial charge in [0, 0.05) is 30.6 Å². The van der Waals surface area contributed by atoms with Crippen molar-refractivity contribution in [1.29, 1.82) is 0 Å². The van der Waals surface area contributed by atoms with Gasteiger partial charge in [-0.3, -0.25) is 14.2 Å². The molecule has 0 unspecified atom stereocenters. The Kier molecular flexibility index (Phi) is 6.16. The number of carbonyl (C=O) groups is 1. The average Bonchev–Trinajstić information content (AvgIpc) is 2.71. The minimum atomic E-state index is -0.246. The van der Waals surface area contributed by atoms with Crippen molar-refractivity contribution in [1.82, 2.24) is 14.9 Å². The van der Waals surface area contributed by atoms with E-state index in [-0.39, 0.29) is 24.4 Å². The Morgan fingerprint density at radius 1 is 1.18 bits per heavy atom. The van der Waals surface area contributed by atoms with Gasteiger partial charge in [0.25, 0.3) is 5.56 Å². The Morgan fingerprint density at radius 3 is 2.61 bits per heavy atom. The van der Waals surface area contributed by atoms with E-state index < -0.39 is 0 Å². The van der Waals surface area contributed by atoms with Crippen molar-refractivity contribution in [2.24, 2.45) is 0 Å². The van der Waals surface area contributed by atoms with Gasteiger partial charge in [0.2, 0.25) is 5.91 Å². The van der Waals surface area contributed by atoms with Crippen molar-refractivity contribution in [3.63, 3.8) is 0 Å². The Bertz CT molecular complexity index is 1060. The van der Waals surface area contributed by atoms with Crippen LogP contribution in [0.2, 0.25) is 5.02 Å². The topological polar surface area (TPSA) is 82.5 Å². The molecular weight excluding hydrogens is 382 g/mol. The fraction of sp³-hybridized carbons (Fsp3) is 0.250. The maximum Gasteiger partial charge on any atom is 0.261 e. The molecule has 0 bridgehead atoms. The second kappa shape index (κ2) is 8.75. The van der Waals surface area contributed by atoms with E-state index in [1.54, 1.807) is 18.2 Å². The normalized spacial score (nSPS) is 10.7. The van der Waals surface area contributed by atoms with Crippen molar-refractivity contribution in [3.8, 4) is 11.5 Å². The number of amides is 1. The number of aromatic nitrogens is 2. The predicted molar refractivity (Wildman–Crippen MR) is 107 cm³/mol. The van der Waals surface area contributed by atoms with Crippen LogP contribution < -0.4 is 20.3 Å². The molecule has 0 aliphatic carbocycles. The first-order chi connectivity index (χ1) is 13.5. The second-order valence-electron chi connectivity index (χ2n) is 6.09. The van der Waals surface area contributed by atoms with E-state index in [0.29, 0.717) is 34.0 Å². The summed E-state index contributed by atoms with van der Waals surface area (Å²) >= 11 is 6.08. The summed E-state index contributed by atoms with van der Waals surface area (Å²) < 4.78 is 11.9. The van der Waals surface area contributed by atoms with E-state index in [1.807, 2.05) is 18.2 Å². The van der Waals surface area contributed by atoms with Gasteiger partial charge in [0.05, 0.1) is 31.4 Å². The lowest BCUT2D eigenvalue weighted by Crippen LogP contribution is -2.27.